The summed E-state index contributed by atoms with van der Waals surface area (Å²) in [5.74, 6) is 0. The van der Waals surface area contributed by atoms with Crippen LogP contribution < -0.4 is 5.69 Å². The molecule has 1 aromatic carbocycles. The number of benzene rings is 1. The maximum atomic E-state index is 12.4. The predicted octanol–water partition coefficient (Wildman–Crippen LogP) is 1.58. The van der Waals surface area contributed by atoms with Gasteiger partial charge < -0.3 is 0 Å². The van der Waals surface area contributed by atoms with Gasteiger partial charge in [0.05, 0.1) is 6.67 Å². The summed E-state index contributed by atoms with van der Waals surface area (Å²) in [6.07, 6.45) is 1.76. The van der Waals surface area contributed by atoms with Gasteiger partial charge in [0, 0.05) is 38.9 Å². The summed E-state index contributed by atoms with van der Waals surface area (Å²) in [4.78, 5) is 17.1. The van der Waals surface area contributed by atoms with E-state index in [0.717, 1.165) is 32.7 Å². The first-order chi connectivity index (χ1) is 12.2. The molecule has 6 nitrogen and oxygen atoms in total. The molecule has 3 heterocycles. The number of hydrogen-bond acceptors (Lipinski definition) is 4. The third-order valence-electron chi connectivity index (χ3n) is 4.78. The average molecular weight is 337 g/mol. The summed E-state index contributed by atoms with van der Waals surface area (Å²) < 4.78 is 3.15. The lowest BCUT2D eigenvalue weighted by molar-refractivity contribution is 0.0975. The van der Waals surface area contributed by atoms with Crippen molar-refractivity contribution in [3.8, 4) is 0 Å². The lowest BCUT2D eigenvalue weighted by atomic mass is 10.1. The minimum atomic E-state index is -0.0715. The Bertz CT molecular complexity index is 921. The van der Waals surface area contributed by atoms with E-state index < -0.39 is 0 Å². The van der Waals surface area contributed by atoms with Crippen LogP contribution in [0.4, 0.5) is 0 Å². The highest BCUT2D eigenvalue weighted by Crippen LogP contribution is 2.10. The number of nitrogens with zero attached hydrogens (tertiary/aromatic N) is 5. The molecule has 1 aliphatic rings. The molecule has 0 bridgehead atoms. The van der Waals surface area contributed by atoms with E-state index in [9.17, 15) is 4.79 Å². The van der Waals surface area contributed by atoms with Crippen molar-refractivity contribution >= 4 is 5.65 Å². The highest BCUT2D eigenvalue weighted by Gasteiger charge is 2.18. The maximum Gasteiger partial charge on any atom is 0.351 e. The minimum absolute atomic E-state index is 0.0715. The molecule has 0 unspecified atom stereocenters. The molecule has 2 aromatic heterocycles. The lowest BCUT2D eigenvalue weighted by Gasteiger charge is -2.34. The van der Waals surface area contributed by atoms with Crippen molar-refractivity contribution in [3.05, 3.63) is 70.3 Å². The number of aromatic nitrogens is 3. The molecule has 25 heavy (non-hydrogen) atoms. The largest absolute Gasteiger partial charge is 0.351 e. The van der Waals surface area contributed by atoms with E-state index >= 15 is 0 Å². The second kappa shape index (κ2) is 6.82. The molecule has 0 saturated carbocycles. The van der Waals surface area contributed by atoms with Crippen molar-refractivity contribution in [1.82, 2.24) is 24.0 Å². The van der Waals surface area contributed by atoms with Gasteiger partial charge in [0.2, 0.25) is 0 Å². The summed E-state index contributed by atoms with van der Waals surface area (Å²) in [6, 6.07) is 14.3. The molecule has 0 aliphatic carbocycles. The van der Waals surface area contributed by atoms with Gasteiger partial charge in [-0.2, -0.15) is 4.68 Å². The van der Waals surface area contributed by atoms with Gasteiger partial charge in [-0.1, -0.05) is 35.9 Å². The first kappa shape index (κ1) is 16.1. The average Bonchev–Trinajstić information content (AvgIpc) is 2.93. The SMILES string of the molecule is Cc1cccc(CN2CCN(Cn3nc4ccccn4c3=O)CC2)c1. The molecule has 1 aliphatic heterocycles. The van der Waals surface area contributed by atoms with Crippen LogP contribution in [0.5, 0.6) is 0 Å². The summed E-state index contributed by atoms with van der Waals surface area (Å²) in [7, 11) is 0. The first-order valence-electron chi connectivity index (χ1n) is 8.73. The number of aryl methyl sites for hydroxylation is 1. The van der Waals surface area contributed by atoms with Crippen LogP contribution in [-0.4, -0.2) is 50.2 Å². The van der Waals surface area contributed by atoms with Crippen LogP contribution in [0.25, 0.3) is 5.65 Å². The summed E-state index contributed by atoms with van der Waals surface area (Å²) >= 11 is 0. The van der Waals surface area contributed by atoms with Gasteiger partial charge >= 0.3 is 5.69 Å². The molecular weight excluding hydrogens is 314 g/mol. The quantitative estimate of drug-likeness (QED) is 0.725. The van der Waals surface area contributed by atoms with Gasteiger partial charge in [-0.3, -0.25) is 14.2 Å². The van der Waals surface area contributed by atoms with Gasteiger partial charge in [-0.15, -0.1) is 5.10 Å². The zero-order valence-corrected chi connectivity index (χ0v) is 14.5. The Balaban J connectivity index is 1.37. The summed E-state index contributed by atoms with van der Waals surface area (Å²) in [6.45, 7) is 7.60. The van der Waals surface area contributed by atoms with Crippen LogP contribution >= 0.6 is 0 Å². The Hall–Kier alpha value is -2.44. The molecule has 0 radical (unpaired) electrons. The summed E-state index contributed by atoms with van der Waals surface area (Å²) in [5, 5.41) is 4.41. The number of rotatable bonds is 4. The molecule has 6 heteroatoms. The molecule has 1 saturated heterocycles. The van der Waals surface area contributed by atoms with Gasteiger partial charge in [-0.05, 0) is 24.6 Å². The summed E-state index contributed by atoms with van der Waals surface area (Å²) in [5.41, 5.74) is 3.30. The van der Waals surface area contributed by atoms with Gasteiger partial charge in [0.1, 0.15) is 0 Å². The number of hydrogen-bond donors (Lipinski definition) is 0. The smallest absolute Gasteiger partial charge is 0.297 e. The molecule has 3 aromatic rings. The highest BCUT2D eigenvalue weighted by atomic mass is 16.2. The van der Waals surface area contributed by atoms with E-state index in [1.165, 1.54) is 11.1 Å². The molecule has 0 atom stereocenters. The van der Waals surface area contributed by atoms with Crippen LogP contribution in [0.3, 0.4) is 0 Å². The maximum absolute atomic E-state index is 12.4. The Labute approximate surface area is 146 Å². The fourth-order valence-electron chi connectivity index (χ4n) is 3.41. The van der Waals surface area contributed by atoms with Crippen LogP contribution in [0.15, 0.2) is 53.5 Å². The number of piperazine rings is 1. The normalized spacial score (nSPS) is 16.5. The first-order valence-corrected chi connectivity index (χ1v) is 8.73. The van der Waals surface area contributed by atoms with E-state index in [1.807, 2.05) is 18.2 Å². The van der Waals surface area contributed by atoms with Crippen LogP contribution in [0.1, 0.15) is 11.1 Å². The number of pyridine rings is 1. The zero-order valence-electron chi connectivity index (χ0n) is 14.5. The molecule has 130 valence electrons. The topological polar surface area (TPSA) is 45.8 Å². The van der Waals surface area contributed by atoms with E-state index in [0.29, 0.717) is 12.3 Å². The second-order valence-corrected chi connectivity index (χ2v) is 6.74. The van der Waals surface area contributed by atoms with Crippen molar-refractivity contribution in [2.24, 2.45) is 0 Å². The van der Waals surface area contributed by atoms with Crippen LogP contribution in [-0.2, 0) is 13.2 Å². The second-order valence-electron chi connectivity index (χ2n) is 6.74. The Morgan fingerprint density at radius 3 is 2.56 bits per heavy atom. The molecule has 4 rings (SSSR count). The van der Waals surface area contributed by atoms with Crippen molar-refractivity contribution in [2.45, 2.75) is 20.1 Å². The van der Waals surface area contributed by atoms with E-state index in [4.69, 9.17) is 0 Å². The number of fused-ring (bicyclic) bond motifs is 1. The Kier molecular flexibility index (Phi) is 4.38. The van der Waals surface area contributed by atoms with E-state index in [1.54, 1.807) is 15.3 Å². The molecular formula is C19H23N5O. The lowest BCUT2D eigenvalue weighted by Crippen LogP contribution is -2.47. The third-order valence-corrected chi connectivity index (χ3v) is 4.78. The van der Waals surface area contributed by atoms with Gasteiger partial charge in [0.15, 0.2) is 5.65 Å². The van der Waals surface area contributed by atoms with E-state index in [2.05, 4.69) is 46.1 Å². The zero-order chi connectivity index (χ0) is 17.2. The van der Waals surface area contributed by atoms with Crippen molar-refractivity contribution in [3.63, 3.8) is 0 Å². The van der Waals surface area contributed by atoms with Crippen LogP contribution in [0.2, 0.25) is 0 Å². The standard InChI is InChI=1S/C19H23N5O/c1-16-5-4-6-17(13-16)14-21-9-11-22(12-10-21)15-24-19(25)23-8-3-2-7-18(23)20-24/h2-8,13H,9-12,14-15H2,1H3. The molecule has 0 N–H and O–H groups in total. The Morgan fingerprint density at radius 2 is 1.80 bits per heavy atom. The monoisotopic (exact) mass is 337 g/mol. The van der Waals surface area contributed by atoms with Gasteiger partial charge in [0.25, 0.3) is 0 Å². The fraction of sp³-hybridized carbons (Fsp3) is 0.368. The van der Waals surface area contributed by atoms with Crippen molar-refractivity contribution in [1.29, 1.82) is 0 Å². The van der Waals surface area contributed by atoms with E-state index in [-0.39, 0.29) is 5.69 Å². The molecule has 0 spiro atoms. The molecule has 0 amide bonds. The van der Waals surface area contributed by atoms with Crippen molar-refractivity contribution < 1.29 is 0 Å². The predicted molar refractivity (Wildman–Crippen MR) is 97.5 cm³/mol. The Morgan fingerprint density at radius 1 is 1.00 bits per heavy atom. The van der Waals surface area contributed by atoms with Gasteiger partial charge in [-0.25, -0.2) is 4.79 Å². The van der Waals surface area contributed by atoms with Crippen LogP contribution in [0, 0.1) is 6.92 Å². The van der Waals surface area contributed by atoms with Crippen molar-refractivity contribution in [2.75, 3.05) is 26.2 Å². The fourth-order valence-corrected chi connectivity index (χ4v) is 3.41. The molecule has 1 fully saturated rings. The highest BCUT2D eigenvalue weighted by molar-refractivity contribution is 5.35. The third kappa shape index (κ3) is 3.50. The minimum Gasteiger partial charge on any atom is -0.297 e.